The van der Waals surface area contributed by atoms with E-state index in [0.717, 1.165) is 6.26 Å². The highest BCUT2D eigenvalue weighted by atomic mass is 16.6. The Labute approximate surface area is 66.9 Å². The van der Waals surface area contributed by atoms with Crippen LogP contribution in [0.2, 0.25) is 0 Å². The Morgan fingerprint density at radius 1 is 1.75 bits per heavy atom. The van der Waals surface area contributed by atoms with Crippen molar-refractivity contribution in [1.82, 2.24) is 0 Å². The molecule has 0 aliphatic carbocycles. The zero-order valence-electron chi connectivity index (χ0n) is 5.85. The van der Waals surface area contributed by atoms with Crippen molar-refractivity contribution < 1.29 is 18.9 Å². The monoisotopic (exact) mass is 170 g/mol. The Hall–Kier alpha value is -1.85. The van der Waals surface area contributed by atoms with Gasteiger partial charge in [-0.1, -0.05) is 0 Å². The van der Waals surface area contributed by atoms with Crippen molar-refractivity contribution >= 4 is 12.4 Å². The maximum Gasteiger partial charge on any atom is 0.433 e. The lowest BCUT2D eigenvalue weighted by Crippen LogP contribution is -1.87. The normalized spacial score (nSPS) is 9.33. The molecule has 0 bridgehead atoms. The van der Waals surface area contributed by atoms with E-state index in [1.54, 1.807) is 0 Å². The van der Waals surface area contributed by atoms with Crippen LogP contribution in [0.25, 0.3) is 0 Å². The third-order valence-corrected chi connectivity index (χ3v) is 1.12. The minimum atomic E-state index is -0.672. The summed E-state index contributed by atoms with van der Waals surface area (Å²) in [6, 6.07) is 1.18. The third-order valence-electron chi connectivity index (χ3n) is 1.12. The van der Waals surface area contributed by atoms with E-state index in [4.69, 9.17) is 0 Å². The van der Waals surface area contributed by atoms with Gasteiger partial charge < -0.3 is 9.15 Å². The lowest BCUT2D eigenvalue weighted by molar-refractivity contribution is -0.402. The van der Waals surface area contributed by atoms with Gasteiger partial charge in [0, 0.05) is 5.56 Å². The van der Waals surface area contributed by atoms with Crippen LogP contribution in [-0.2, 0) is 16.1 Å². The van der Waals surface area contributed by atoms with E-state index in [2.05, 4.69) is 9.15 Å². The van der Waals surface area contributed by atoms with Gasteiger partial charge in [0.1, 0.15) is 17.8 Å². The van der Waals surface area contributed by atoms with Crippen LogP contribution < -0.4 is 0 Å². The van der Waals surface area contributed by atoms with Gasteiger partial charge in [-0.2, -0.15) is 0 Å². The molecule has 0 spiro atoms. The lowest BCUT2D eigenvalue weighted by Gasteiger charge is -1.87. The third kappa shape index (κ3) is 1.82. The highest BCUT2D eigenvalue weighted by molar-refractivity contribution is 5.38. The smallest absolute Gasteiger partial charge is 0.433 e. The number of ether oxygens (including phenoxy) is 1. The number of rotatable bonds is 4. The van der Waals surface area contributed by atoms with E-state index in [1.807, 2.05) is 0 Å². The molecule has 0 amide bonds. The van der Waals surface area contributed by atoms with Crippen LogP contribution in [0.4, 0.5) is 5.88 Å². The first-order valence-electron chi connectivity index (χ1n) is 2.95. The summed E-state index contributed by atoms with van der Waals surface area (Å²) in [6.07, 6.45) is 1.15. The van der Waals surface area contributed by atoms with Crippen LogP contribution in [-0.4, -0.2) is 11.4 Å². The molecule has 0 saturated heterocycles. The predicted molar refractivity (Wildman–Crippen MR) is 35.8 cm³/mol. The van der Waals surface area contributed by atoms with Crippen molar-refractivity contribution in [2.45, 2.75) is 6.61 Å². The van der Waals surface area contributed by atoms with Gasteiger partial charge in [0.05, 0.1) is 6.07 Å². The zero-order valence-corrected chi connectivity index (χ0v) is 5.85. The van der Waals surface area contributed by atoms with Gasteiger partial charge in [0.25, 0.3) is 0 Å². The average molecular weight is 170 g/mol. The first-order chi connectivity index (χ1) is 5.74. The predicted octanol–water partition coefficient (Wildman–Crippen LogP) is 0.772. The Morgan fingerprint density at radius 3 is 3.00 bits per heavy atom. The average Bonchev–Trinajstić information content (AvgIpc) is 2.48. The van der Waals surface area contributed by atoms with Crippen LogP contribution >= 0.6 is 0 Å². The van der Waals surface area contributed by atoms with Gasteiger partial charge in [-0.25, -0.2) is 4.79 Å². The fraction of sp³-hybridized carbons (Fsp3) is 0.167. The van der Waals surface area contributed by atoms with Crippen LogP contribution in [0.1, 0.15) is 5.56 Å². The van der Waals surface area contributed by atoms with E-state index in [1.165, 1.54) is 12.5 Å². The summed E-state index contributed by atoms with van der Waals surface area (Å²) < 4.78 is 8.74. The summed E-state index contributed by atoms with van der Waals surface area (Å²) in [6.45, 7) is 1.12. The molecular formula is C6H4NO5. The number of hydrogen-bond donors (Lipinski definition) is 0. The van der Waals surface area contributed by atoms with Gasteiger partial charge in [-0.15, -0.1) is 0 Å². The van der Waals surface area contributed by atoms with E-state index in [-0.39, 0.29) is 12.5 Å². The highest BCUT2D eigenvalue weighted by Crippen LogP contribution is 2.15. The molecule has 0 aliphatic heterocycles. The first-order valence-corrected chi connectivity index (χ1v) is 2.95. The van der Waals surface area contributed by atoms with Gasteiger partial charge in [-0.3, -0.25) is 10.1 Å². The summed E-state index contributed by atoms with van der Waals surface area (Å²) >= 11 is 0. The molecule has 0 N–H and O–H groups in total. The molecule has 63 valence electrons. The number of nitrogens with zero attached hydrogens (tertiary/aromatic N) is 1. The van der Waals surface area contributed by atoms with Crippen LogP contribution in [0.5, 0.6) is 0 Å². The molecule has 1 heterocycles. The lowest BCUT2D eigenvalue weighted by atomic mass is 10.4. The maximum atomic E-state index is 10.1. The van der Waals surface area contributed by atoms with E-state index >= 15 is 0 Å². The van der Waals surface area contributed by atoms with Crippen molar-refractivity contribution in [3.8, 4) is 0 Å². The second kappa shape index (κ2) is 3.51. The number of nitro groups is 1. The molecule has 1 aromatic rings. The summed E-state index contributed by atoms with van der Waals surface area (Å²) in [5, 5.41) is 10.1. The fourth-order valence-corrected chi connectivity index (χ4v) is 0.647. The van der Waals surface area contributed by atoms with Crippen LogP contribution in [0, 0.1) is 10.1 Å². The fourth-order valence-electron chi connectivity index (χ4n) is 0.647. The SMILES string of the molecule is O=[C]OCc1coc([N+](=O)[O-])c1. The molecule has 0 aromatic carbocycles. The molecule has 0 fully saturated rings. The Morgan fingerprint density at radius 2 is 2.50 bits per heavy atom. The number of furan rings is 1. The van der Waals surface area contributed by atoms with Crippen LogP contribution in [0.3, 0.4) is 0 Å². The van der Waals surface area contributed by atoms with Crippen molar-refractivity contribution in [3.63, 3.8) is 0 Å². The maximum absolute atomic E-state index is 10.1. The standard InChI is InChI=1S/C6H4NO5/c8-4-11-2-5-1-6(7(9)10)12-3-5/h1,3H,2H2. The van der Waals surface area contributed by atoms with Gasteiger partial charge in [-0.05, 0) is 0 Å². The van der Waals surface area contributed by atoms with Gasteiger partial charge in [0.15, 0.2) is 0 Å². The molecule has 1 aromatic heterocycles. The molecule has 1 radical (unpaired) electrons. The van der Waals surface area contributed by atoms with Crippen molar-refractivity contribution in [1.29, 1.82) is 0 Å². The molecule has 0 unspecified atom stereocenters. The first kappa shape index (κ1) is 8.25. The van der Waals surface area contributed by atoms with Crippen LogP contribution in [0.15, 0.2) is 16.7 Å². The molecular weight excluding hydrogens is 166 g/mol. The van der Waals surface area contributed by atoms with E-state index < -0.39 is 4.92 Å². The summed E-state index contributed by atoms with van der Waals surface area (Å²) in [5.41, 5.74) is 0.421. The number of carbonyl (C=O) groups excluding carboxylic acids is 1. The minimum Gasteiger partial charge on any atom is -0.452 e. The minimum absolute atomic E-state index is 0.0686. The number of hydrogen-bond acceptors (Lipinski definition) is 5. The molecule has 12 heavy (non-hydrogen) atoms. The highest BCUT2D eigenvalue weighted by Gasteiger charge is 2.11. The van der Waals surface area contributed by atoms with Gasteiger partial charge in [0.2, 0.25) is 0 Å². The molecule has 6 nitrogen and oxygen atoms in total. The second-order valence-electron chi connectivity index (χ2n) is 1.92. The molecule has 0 atom stereocenters. The molecule has 1 rings (SSSR count). The zero-order chi connectivity index (χ0) is 8.97. The topological polar surface area (TPSA) is 82.6 Å². The molecule has 6 heteroatoms. The summed E-state index contributed by atoms with van der Waals surface area (Å²) in [5.74, 6) is -0.375. The van der Waals surface area contributed by atoms with Crippen molar-refractivity contribution in [2.24, 2.45) is 0 Å². The summed E-state index contributed by atoms with van der Waals surface area (Å²) in [7, 11) is 0. The molecule has 0 aliphatic rings. The van der Waals surface area contributed by atoms with Gasteiger partial charge >= 0.3 is 12.4 Å². The van der Waals surface area contributed by atoms with Crippen molar-refractivity contribution in [2.75, 3.05) is 0 Å². The van der Waals surface area contributed by atoms with E-state index in [9.17, 15) is 14.9 Å². The Kier molecular flexibility index (Phi) is 2.42. The van der Waals surface area contributed by atoms with E-state index in [0.29, 0.717) is 5.56 Å². The molecule has 0 saturated carbocycles. The Balaban J connectivity index is 2.64. The Bertz CT molecular complexity index is 292. The largest absolute Gasteiger partial charge is 0.452 e. The second-order valence-corrected chi connectivity index (χ2v) is 1.92. The summed E-state index contributed by atoms with van der Waals surface area (Å²) in [4.78, 5) is 19.0. The van der Waals surface area contributed by atoms with Crippen molar-refractivity contribution in [3.05, 3.63) is 28.0 Å². The quantitative estimate of drug-likeness (QED) is 0.492.